The molecule has 0 aliphatic carbocycles. The fourth-order valence-corrected chi connectivity index (χ4v) is 4.49. The van der Waals surface area contributed by atoms with Crippen molar-refractivity contribution in [2.24, 2.45) is 4.99 Å². The topological polar surface area (TPSA) is 110 Å². The van der Waals surface area contributed by atoms with Gasteiger partial charge < -0.3 is 5.73 Å². The molecule has 0 saturated carbocycles. The molecule has 4 rings (SSSR count). The molecule has 0 spiro atoms. The van der Waals surface area contributed by atoms with Crippen molar-refractivity contribution >= 4 is 27.1 Å². The van der Waals surface area contributed by atoms with Gasteiger partial charge in [-0.05, 0) is 48.0 Å². The summed E-state index contributed by atoms with van der Waals surface area (Å²) in [5.74, 6) is -2.08. The van der Waals surface area contributed by atoms with Crippen LogP contribution in [0.25, 0.3) is 11.1 Å². The van der Waals surface area contributed by atoms with Crippen molar-refractivity contribution in [2.45, 2.75) is 4.90 Å². The second-order valence-electron chi connectivity index (χ2n) is 7.34. The number of nitrogens with two attached hydrogens (primary N) is 1. The Morgan fingerprint density at radius 2 is 1.74 bits per heavy atom. The summed E-state index contributed by atoms with van der Waals surface area (Å²) in [6, 6.07) is 12.6. The predicted octanol–water partition coefficient (Wildman–Crippen LogP) is 4.79. The van der Waals surface area contributed by atoms with Crippen molar-refractivity contribution in [3.05, 3.63) is 115 Å². The molecule has 0 radical (unpaired) electrons. The largest absolute Gasteiger partial charge is 0.398 e. The molecule has 0 bridgehead atoms. The fourth-order valence-electron chi connectivity index (χ4n) is 3.40. The van der Waals surface area contributed by atoms with Gasteiger partial charge in [-0.15, -0.1) is 0 Å². The summed E-state index contributed by atoms with van der Waals surface area (Å²) in [7, 11) is -4.32. The zero-order valence-electron chi connectivity index (χ0n) is 18.2. The number of aromatic nitrogens is 2. The van der Waals surface area contributed by atoms with Crippen LogP contribution in [0.1, 0.15) is 11.1 Å². The number of sulfonamides is 1. The molecule has 0 amide bonds. The molecular weight excluding hydrogens is 472 g/mol. The molecule has 7 nitrogen and oxygen atoms in total. The van der Waals surface area contributed by atoms with Crippen molar-refractivity contribution in [3.8, 4) is 11.1 Å². The third-order valence-corrected chi connectivity index (χ3v) is 6.40. The SMILES string of the molecule is C=C/N=C(/c1ccncc1)c1cc(-c2cncc(NS(=O)(=O)c3ccc(F)cc3F)c2)ccc1N. The molecular formula is C25H19F2N5O2S. The van der Waals surface area contributed by atoms with Crippen molar-refractivity contribution in [1.29, 1.82) is 0 Å². The van der Waals surface area contributed by atoms with Gasteiger partial charge in [-0.1, -0.05) is 12.6 Å². The molecule has 4 aromatic rings. The van der Waals surface area contributed by atoms with Gasteiger partial charge in [-0.25, -0.2) is 17.2 Å². The number of benzene rings is 2. The van der Waals surface area contributed by atoms with E-state index in [1.54, 1.807) is 48.9 Å². The van der Waals surface area contributed by atoms with Gasteiger partial charge in [0.05, 0.1) is 17.6 Å². The summed E-state index contributed by atoms with van der Waals surface area (Å²) in [6.45, 7) is 3.68. The van der Waals surface area contributed by atoms with Gasteiger partial charge in [0.1, 0.15) is 16.5 Å². The van der Waals surface area contributed by atoms with E-state index in [2.05, 4.69) is 26.3 Å². The summed E-state index contributed by atoms with van der Waals surface area (Å²) in [5.41, 5.74) is 10.1. The maximum atomic E-state index is 14.0. The summed E-state index contributed by atoms with van der Waals surface area (Å²) in [5, 5.41) is 0. The average Bonchev–Trinajstić information content (AvgIpc) is 2.83. The maximum Gasteiger partial charge on any atom is 0.264 e. The second-order valence-corrected chi connectivity index (χ2v) is 8.99. The molecule has 2 heterocycles. The third-order valence-electron chi connectivity index (χ3n) is 4.99. The Hall–Kier alpha value is -4.44. The number of anilines is 2. The van der Waals surface area contributed by atoms with Gasteiger partial charge >= 0.3 is 0 Å². The molecule has 2 aromatic carbocycles. The van der Waals surface area contributed by atoms with E-state index in [1.807, 2.05) is 0 Å². The lowest BCUT2D eigenvalue weighted by Crippen LogP contribution is -2.15. The van der Waals surface area contributed by atoms with Crippen LogP contribution in [-0.4, -0.2) is 24.1 Å². The first-order valence-corrected chi connectivity index (χ1v) is 11.7. The molecule has 0 atom stereocenters. The van der Waals surface area contributed by atoms with Crippen LogP contribution in [0.5, 0.6) is 0 Å². The Kier molecular flexibility index (Phi) is 6.65. The van der Waals surface area contributed by atoms with E-state index in [1.165, 1.54) is 18.5 Å². The van der Waals surface area contributed by atoms with E-state index < -0.39 is 26.6 Å². The Morgan fingerprint density at radius 1 is 0.971 bits per heavy atom. The van der Waals surface area contributed by atoms with E-state index in [0.29, 0.717) is 34.2 Å². The monoisotopic (exact) mass is 491 g/mol. The van der Waals surface area contributed by atoms with E-state index in [0.717, 1.165) is 17.7 Å². The summed E-state index contributed by atoms with van der Waals surface area (Å²) in [6.07, 6.45) is 7.51. The number of hydrogen-bond acceptors (Lipinski definition) is 6. The molecule has 10 heteroatoms. The van der Waals surface area contributed by atoms with E-state index >= 15 is 0 Å². The first kappa shape index (κ1) is 23.7. The minimum absolute atomic E-state index is 0.0960. The number of pyridine rings is 2. The normalized spacial score (nSPS) is 11.8. The average molecular weight is 492 g/mol. The molecule has 35 heavy (non-hydrogen) atoms. The molecule has 0 unspecified atom stereocenters. The highest BCUT2D eigenvalue weighted by atomic mass is 32.2. The molecule has 0 aliphatic rings. The van der Waals surface area contributed by atoms with Gasteiger partial charge in [0.2, 0.25) is 0 Å². The number of aliphatic imine (C=N–C) groups is 1. The standard InChI is InChI=1S/C25H19F2N5O2S/c1-2-31-25(16-7-9-29-10-8-16)21-12-17(3-5-23(21)28)18-11-20(15-30-14-18)32-35(33,34)24-6-4-19(26)13-22(24)27/h2-15,32H,1,28H2/b31-25-. The van der Waals surface area contributed by atoms with Crippen molar-refractivity contribution in [3.63, 3.8) is 0 Å². The van der Waals surface area contributed by atoms with Crippen LogP contribution in [0.2, 0.25) is 0 Å². The van der Waals surface area contributed by atoms with Gasteiger partial charge in [-0.2, -0.15) is 0 Å². The minimum atomic E-state index is -4.32. The van der Waals surface area contributed by atoms with E-state index in [4.69, 9.17) is 5.73 Å². The number of nitrogens with zero attached hydrogens (tertiary/aromatic N) is 3. The van der Waals surface area contributed by atoms with Gasteiger partial charge in [0.15, 0.2) is 0 Å². The van der Waals surface area contributed by atoms with Crippen LogP contribution < -0.4 is 10.5 Å². The van der Waals surface area contributed by atoms with Crippen LogP contribution in [0.4, 0.5) is 20.2 Å². The zero-order chi connectivity index (χ0) is 25.0. The summed E-state index contributed by atoms with van der Waals surface area (Å²) in [4.78, 5) is 11.8. The molecule has 2 aromatic heterocycles. The Labute approximate surface area is 200 Å². The van der Waals surface area contributed by atoms with Gasteiger partial charge in [0, 0.05) is 53.2 Å². The Morgan fingerprint density at radius 3 is 2.46 bits per heavy atom. The van der Waals surface area contributed by atoms with Crippen molar-refractivity contribution in [2.75, 3.05) is 10.5 Å². The van der Waals surface area contributed by atoms with Crippen LogP contribution in [0, 0.1) is 11.6 Å². The lowest BCUT2D eigenvalue weighted by Gasteiger charge is -2.13. The molecule has 0 fully saturated rings. The third kappa shape index (κ3) is 5.22. The molecule has 176 valence electrons. The number of nitrogen functional groups attached to an aromatic ring is 1. The van der Waals surface area contributed by atoms with Crippen LogP contribution in [-0.2, 0) is 10.0 Å². The van der Waals surface area contributed by atoms with Crippen LogP contribution in [0.15, 0.2) is 102 Å². The highest BCUT2D eigenvalue weighted by Crippen LogP contribution is 2.28. The first-order chi connectivity index (χ1) is 16.8. The fraction of sp³-hybridized carbons (Fsp3) is 0. The quantitative estimate of drug-likeness (QED) is 0.285. The number of halogens is 2. The molecule has 0 saturated heterocycles. The maximum absolute atomic E-state index is 14.0. The Balaban J connectivity index is 1.71. The molecule has 0 aliphatic heterocycles. The smallest absolute Gasteiger partial charge is 0.264 e. The lowest BCUT2D eigenvalue weighted by atomic mass is 9.97. The van der Waals surface area contributed by atoms with Crippen molar-refractivity contribution < 1.29 is 17.2 Å². The second kappa shape index (κ2) is 9.82. The number of rotatable bonds is 7. The van der Waals surface area contributed by atoms with Crippen molar-refractivity contribution in [1.82, 2.24) is 9.97 Å². The van der Waals surface area contributed by atoms with E-state index in [9.17, 15) is 17.2 Å². The predicted molar refractivity (Wildman–Crippen MR) is 131 cm³/mol. The molecule has 3 N–H and O–H groups in total. The van der Waals surface area contributed by atoms with E-state index in [-0.39, 0.29) is 5.69 Å². The number of hydrogen-bond donors (Lipinski definition) is 2. The zero-order valence-corrected chi connectivity index (χ0v) is 19.0. The highest BCUT2D eigenvalue weighted by molar-refractivity contribution is 7.92. The number of nitrogens with one attached hydrogen (secondary N) is 1. The van der Waals surface area contributed by atoms with Gasteiger partial charge in [0.25, 0.3) is 10.0 Å². The summed E-state index contributed by atoms with van der Waals surface area (Å²) < 4.78 is 54.8. The first-order valence-electron chi connectivity index (χ1n) is 10.2. The Bertz CT molecular complexity index is 1540. The van der Waals surface area contributed by atoms with Crippen LogP contribution >= 0.6 is 0 Å². The highest BCUT2D eigenvalue weighted by Gasteiger charge is 2.20. The van der Waals surface area contributed by atoms with Crippen LogP contribution in [0.3, 0.4) is 0 Å². The van der Waals surface area contributed by atoms with Gasteiger partial charge in [-0.3, -0.25) is 19.7 Å². The summed E-state index contributed by atoms with van der Waals surface area (Å²) >= 11 is 0. The minimum Gasteiger partial charge on any atom is -0.398 e. The lowest BCUT2D eigenvalue weighted by molar-refractivity contribution is 0.551.